The summed E-state index contributed by atoms with van der Waals surface area (Å²) in [6.45, 7) is 6.14. The molecule has 0 radical (unpaired) electrons. The second kappa shape index (κ2) is 10.5. The molecule has 3 aromatic rings. The number of hydrogen-bond donors (Lipinski definition) is 2. The Morgan fingerprint density at radius 3 is 2.62 bits per heavy atom. The number of hydrogen-bond acceptors (Lipinski definition) is 4. The molecule has 0 aliphatic heterocycles. The molecule has 1 amide bonds. The fourth-order valence-corrected chi connectivity index (χ4v) is 3.10. The first-order chi connectivity index (χ1) is 15.4. The van der Waals surface area contributed by atoms with Gasteiger partial charge in [-0.05, 0) is 48.4 Å². The van der Waals surface area contributed by atoms with Gasteiger partial charge in [-0.1, -0.05) is 30.9 Å². The van der Waals surface area contributed by atoms with Crippen molar-refractivity contribution in [2.75, 3.05) is 13.7 Å². The van der Waals surface area contributed by atoms with E-state index >= 15 is 0 Å². The minimum absolute atomic E-state index is 0.0448. The molecule has 0 saturated heterocycles. The van der Waals surface area contributed by atoms with Crippen LogP contribution in [0.1, 0.15) is 23.8 Å². The van der Waals surface area contributed by atoms with Gasteiger partial charge >= 0.3 is 0 Å². The average Bonchev–Trinajstić information content (AvgIpc) is 3.19. The van der Waals surface area contributed by atoms with Crippen LogP contribution < -0.4 is 11.1 Å². The zero-order chi connectivity index (χ0) is 23.1. The number of nitrogens with one attached hydrogen (secondary N) is 1. The Labute approximate surface area is 186 Å². The molecular formula is C25H26FN3O3. The highest BCUT2D eigenvalue weighted by Gasteiger charge is 2.12. The first kappa shape index (κ1) is 23.0. The third kappa shape index (κ3) is 5.92. The number of aliphatic imine (C=N–C) groups is 1. The lowest BCUT2D eigenvalue weighted by Crippen LogP contribution is -2.31. The van der Waals surface area contributed by atoms with Gasteiger partial charge in [0.15, 0.2) is 0 Å². The third-order valence-corrected chi connectivity index (χ3v) is 4.85. The maximum absolute atomic E-state index is 13.1. The number of amidine groups is 1. The first-order valence-electron chi connectivity index (χ1n) is 10.1. The van der Waals surface area contributed by atoms with Crippen molar-refractivity contribution in [1.29, 1.82) is 0 Å². The lowest BCUT2D eigenvalue weighted by molar-refractivity contribution is -0.117. The lowest BCUT2D eigenvalue weighted by atomic mass is 10.1. The number of carbonyl (C=O) groups excluding carboxylic acids is 1. The van der Waals surface area contributed by atoms with Gasteiger partial charge in [-0.3, -0.25) is 4.79 Å². The van der Waals surface area contributed by atoms with Gasteiger partial charge in [-0.2, -0.15) is 0 Å². The van der Waals surface area contributed by atoms with E-state index in [0.29, 0.717) is 25.3 Å². The van der Waals surface area contributed by atoms with E-state index in [0.717, 1.165) is 27.9 Å². The molecule has 7 heteroatoms. The van der Waals surface area contributed by atoms with E-state index in [1.807, 2.05) is 31.2 Å². The van der Waals surface area contributed by atoms with Crippen molar-refractivity contribution >= 4 is 22.7 Å². The summed E-state index contributed by atoms with van der Waals surface area (Å²) < 4.78 is 24.0. The summed E-state index contributed by atoms with van der Waals surface area (Å²) in [5.74, 6) is 0.158. The van der Waals surface area contributed by atoms with Crippen molar-refractivity contribution in [3.05, 3.63) is 95.2 Å². The number of ether oxygens (including phenoxy) is 1. The van der Waals surface area contributed by atoms with Crippen molar-refractivity contribution in [3.63, 3.8) is 0 Å². The third-order valence-electron chi connectivity index (χ3n) is 4.85. The van der Waals surface area contributed by atoms with Crippen LogP contribution in [-0.2, 0) is 22.5 Å². The van der Waals surface area contributed by atoms with Crippen molar-refractivity contribution in [3.8, 4) is 0 Å². The molecule has 0 fully saturated rings. The summed E-state index contributed by atoms with van der Waals surface area (Å²) in [5.41, 5.74) is 9.21. The molecule has 2 aromatic carbocycles. The molecule has 3 N–H and O–H groups in total. The number of rotatable bonds is 9. The summed E-state index contributed by atoms with van der Waals surface area (Å²) in [5, 5.41) is 3.73. The normalized spacial score (nSPS) is 12.2. The molecule has 32 heavy (non-hydrogen) atoms. The Balaban J connectivity index is 1.63. The number of carbonyl (C=O) groups is 1. The van der Waals surface area contributed by atoms with E-state index in [-0.39, 0.29) is 17.2 Å². The van der Waals surface area contributed by atoms with Gasteiger partial charge in [0.05, 0.1) is 17.9 Å². The van der Waals surface area contributed by atoms with E-state index in [1.165, 1.54) is 12.1 Å². The molecule has 0 saturated carbocycles. The maximum atomic E-state index is 13.1. The van der Waals surface area contributed by atoms with Crippen LogP contribution in [0.4, 0.5) is 4.39 Å². The van der Waals surface area contributed by atoms with Crippen LogP contribution in [0.15, 0.2) is 81.9 Å². The Morgan fingerprint density at radius 1 is 1.22 bits per heavy atom. The predicted molar refractivity (Wildman–Crippen MR) is 124 cm³/mol. The summed E-state index contributed by atoms with van der Waals surface area (Å²) in [4.78, 5) is 16.6. The molecule has 166 valence electrons. The van der Waals surface area contributed by atoms with Gasteiger partial charge in [0.2, 0.25) is 0 Å². The quantitative estimate of drug-likeness (QED) is 0.299. The van der Waals surface area contributed by atoms with Crippen LogP contribution >= 0.6 is 0 Å². The van der Waals surface area contributed by atoms with Crippen LogP contribution in [0.2, 0.25) is 0 Å². The molecule has 0 spiro atoms. The topological polar surface area (TPSA) is 89.9 Å². The zero-order valence-electron chi connectivity index (χ0n) is 18.2. The fraction of sp³-hybridized carbons (Fsp3) is 0.200. The number of fused-ring (bicyclic) bond motifs is 1. The molecule has 3 rings (SSSR count). The summed E-state index contributed by atoms with van der Waals surface area (Å²) in [6.07, 6.45) is 2.32. The number of halogens is 1. The Morgan fingerprint density at radius 2 is 1.94 bits per heavy atom. The number of benzene rings is 2. The molecule has 0 aliphatic rings. The van der Waals surface area contributed by atoms with Gasteiger partial charge in [0.1, 0.15) is 23.0 Å². The van der Waals surface area contributed by atoms with E-state index in [2.05, 4.69) is 16.9 Å². The predicted octanol–water partition coefficient (Wildman–Crippen LogP) is 4.24. The lowest BCUT2D eigenvalue weighted by Gasteiger charge is -2.08. The average molecular weight is 435 g/mol. The Kier molecular flexibility index (Phi) is 7.57. The fourth-order valence-electron chi connectivity index (χ4n) is 3.10. The second-order valence-electron chi connectivity index (χ2n) is 7.26. The highest BCUT2D eigenvalue weighted by Crippen LogP contribution is 2.23. The van der Waals surface area contributed by atoms with Crippen LogP contribution in [0.3, 0.4) is 0 Å². The van der Waals surface area contributed by atoms with Crippen LogP contribution in [0.25, 0.3) is 11.0 Å². The van der Waals surface area contributed by atoms with Crippen LogP contribution in [-0.4, -0.2) is 25.5 Å². The SMILES string of the molecule is C=C(C(=O)NCc1ccc2oc(Cc3ccc(F)cc3)cc2c1)C(N)=N/C(=C\C)COC. The molecule has 6 nitrogen and oxygen atoms in total. The molecule has 1 aromatic heterocycles. The van der Waals surface area contributed by atoms with Crippen molar-refractivity contribution in [2.45, 2.75) is 19.9 Å². The van der Waals surface area contributed by atoms with Crippen molar-refractivity contribution in [1.82, 2.24) is 5.32 Å². The largest absolute Gasteiger partial charge is 0.461 e. The van der Waals surface area contributed by atoms with Gasteiger partial charge in [0.25, 0.3) is 5.91 Å². The molecule has 0 bridgehead atoms. The van der Waals surface area contributed by atoms with Crippen LogP contribution in [0, 0.1) is 5.82 Å². The number of nitrogens with zero attached hydrogens (tertiary/aromatic N) is 1. The van der Waals surface area contributed by atoms with Crippen LogP contribution in [0.5, 0.6) is 0 Å². The smallest absolute Gasteiger partial charge is 0.254 e. The molecular weight excluding hydrogens is 409 g/mol. The number of methoxy groups -OCH3 is 1. The highest BCUT2D eigenvalue weighted by molar-refractivity contribution is 6.19. The summed E-state index contributed by atoms with van der Waals surface area (Å²) in [6, 6.07) is 14.0. The zero-order valence-corrected chi connectivity index (χ0v) is 18.2. The van der Waals surface area contributed by atoms with E-state index < -0.39 is 5.91 Å². The maximum Gasteiger partial charge on any atom is 0.254 e. The van der Waals surface area contributed by atoms with E-state index in [4.69, 9.17) is 14.9 Å². The molecule has 1 heterocycles. The van der Waals surface area contributed by atoms with E-state index in [9.17, 15) is 9.18 Å². The number of nitrogens with two attached hydrogens (primary N) is 1. The standard InChI is InChI=1S/C25H26FN3O3/c1-4-21(15-31-3)29-24(27)16(2)25(30)28-14-18-7-10-23-19(11-18)13-22(32-23)12-17-5-8-20(26)9-6-17/h4-11,13H,2,12,14-15H2,1,3H3,(H2,27,29)(H,28,30)/b21-4-. The number of allylic oxidation sites excluding steroid dienone is 1. The molecule has 0 aliphatic carbocycles. The second-order valence-corrected chi connectivity index (χ2v) is 7.26. The molecule has 0 atom stereocenters. The van der Waals surface area contributed by atoms with Crippen molar-refractivity contribution < 1.29 is 18.3 Å². The van der Waals surface area contributed by atoms with E-state index in [1.54, 1.807) is 25.3 Å². The monoisotopic (exact) mass is 435 g/mol. The highest BCUT2D eigenvalue weighted by atomic mass is 19.1. The number of amides is 1. The van der Waals surface area contributed by atoms with Gasteiger partial charge in [-0.15, -0.1) is 0 Å². The minimum Gasteiger partial charge on any atom is -0.461 e. The first-order valence-corrected chi connectivity index (χ1v) is 10.1. The summed E-state index contributed by atoms with van der Waals surface area (Å²) in [7, 11) is 1.55. The Bertz CT molecular complexity index is 1180. The Hall–Kier alpha value is -3.71. The minimum atomic E-state index is -0.400. The number of furan rings is 1. The van der Waals surface area contributed by atoms with Crippen molar-refractivity contribution in [2.24, 2.45) is 10.7 Å². The molecule has 0 unspecified atom stereocenters. The van der Waals surface area contributed by atoms with Gasteiger partial charge < -0.3 is 20.2 Å². The van der Waals surface area contributed by atoms with Gasteiger partial charge in [-0.25, -0.2) is 9.38 Å². The summed E-state index contributed by atoms with van der Waals surface area (Å²) >= 11 is 0. The van der Waals surface area contributed by atoms with Gasteiger partial charge in [0, 0.05) is 25.5 Å².